The molecule has 126 valence electrons. The summed E-state index contributed by atoms with van der Waals surface area (Å²) in [5.74, 6) is 1.06. The minimum atomic E-state index is 0.234. The van der Waals surface area contributed by atoms with E-state index in [-0.39, 0.29) is 5.91 Å². The molecule has 1 aliphatic rings. The number of methoxy groups -OCH3 is 1. The smallest absolute Gasteiger partial charge is 0.227 e. The summed E-state index contributed by atoms with van der Waals surface area (Å²) in [7, 11) is 1.65. The number of carbonyl (C=O) groups excluding carboxylic acids is 1. The van der Waals surface area contributed by atoms with Gasteiger partial charge in [-0.15, -0.1) is 0 Å². The predicted molar refractivity (Wildman–Crippen MR) is 94.0 cm³/mol. The van der Waals surface area contributed by atoms with Crippen LogP contribution >= 0.6 is 0 Å². The van der Waals surface area contributed by atoms with Crippen LogP contribution in [0.2, 0.25) is 0 Å². The maximum atomic E-state index is 12.7. The molecule has 24 heavy (non-hydrogen) atoms. The van der Waals surface area contributed by atoms with Crippen LogP contribution < -0.4 is 4.74 Å². The summed E-state index contributed by atoms with van der Waals surface area (Å²) in [6.45, 7) is 0.885. The number of nitrogens with zero attached hydrogens (tertiary/aromatic N) is 2. The molecule has 1 fully saturated rings. The number of aryl methyl sites for hydroxylation is 1. The Hall–Kier alpha value is -2.36. The fourth-order valence-corrected chi connectivity index (χ4v) is 3.37. The first-order chi connectivity index (χ1) is 11.8. The van der Waals surface area contributed by atoms with Crippen LogP contribution in [0.25, 0.3) is 0 Å². The lowest BCUT2D eigenvalue weighted by Gasteiger charge is -2.25. The summed E-state index contributed by atoms with van der Waals surface area (Å²) in [6, 6.07) is 12.2. The van der Waals surface area contributed by atoms with E-state index in [1.165, 1.54) is 5.56 Å². The zero-order chi connectivity index (χ0) is 16.8. The van der Waals surface area contributed by atoms with Crippen LogP contribution in [0.1, 0.15) is 30.4 Å². The molecule has 0 spiro atoms. The molecule has 0 bridgehead atoms. The van der Waals surface area contributed by atoms with Gasteiger partial charge < -0.3 is 9.64 Å². The number of ether oxygens (including phenoxy) is 1. The molecular formula is C20H24N2O2. The van der Waals surface area contributed by atoms with Crippen molar-refractivity contribution in [3.8, 4) is 5.75 Å². The van der Waals surface area contributed by atoms with Crippen molar-refractivity contribution in [3.05, 3.63) is 59.9 Å². The third-order valence-corrected chi connectivity index (χ3v) is 4.73. The number of hydrogen-bond acceptors (Lipinski definition) is 3. The molecule has 1 atom stereocenters. The number of pyridine rings is 1. The molecule has 4 nitrogen and oxygen atoms in total. The van der Waals surface area contributed by atoms with E-state index in [1.807, 2.05) is 36.7 Å². The van der Waals surface area contributed by atoms with Gasteiger partial charge in [0, 0.05) is 25.0 Å². The third kappa shape index (κ3) is 4.13. The molecule has 1 unspecified atom stereocenters. The molecule has 0 saturated carbocycles. The number of likely N-dealkylation sites (tertiary alicyclic amines) is 1. The minimum Gasteiger partial charge on any atom is -0.497 e. The highest BCUT2D eigenvalue weighted by Gasteiger charge is 2.28. The lowest BCUT2D eigenvalue weighted by Crippen LogP contribution is -2.36. The van der Waals surface area contributed by atoms with Crippen LogP contribution in [0.4, 0.5) is 0 Å². The largest absolute Gasteiger partial charge is 0.497 e. The SMILES string of the molecule is COc1ccc(CC(=O)N2CCCC2CCc2ccncc2)cc1. The van der Waals surface area contributed by atoms with Crippen molar-refractivity contribution in [2.45, 2.75) is 38.1 Å². The van der Waals surface area contributed by atoms with Crippen molar-refractivity contribution >= 4 is 5.91 Å². The van der Waals surface area contributed by atoms with Gasteiger partial charge in [-0.25, -0.2) is 0 Å². The zero-order valence-corrected chi connectivity index (χ0v) is 14.1. The number of benzene rings is 1. The number of amides is 1. The maximum absolute atomic E-state index is 12.7. The summed E-state index contributed by atoms with van der Waals surface area (Å²) in [6.07, 6.45) is 8.37. The van der Waals surface area contributed by atoms with Crippen LogP contribution in [0.5, 0.6) is 5.75 Å². The summed E-state index contributed by atoms with van der Waals surface area (Å²) in [5, 5.41) is 0. The van der Waals surface area contributed by atoms with Gasteiger partial charge in [-0.3, -0.25) is 9.78 Å². The second-order valence-electron chi connectivity index (χ2n) is 6.30. The van der Waals surface area contributed by atoms with E-state index in [2.05, 4.69) is 22.0 Å². The highest BCUT2D eigenvalue weighted by molar-refractivity contribution is 5.79. The Bertz CT molecular complexity index is 655. The summed E-state index contributed by atoms with van der Waals surface area (Å²) in [4.78, 5) is 18.8. The summed E-state index contributed by atoms with van der Waals surface area (Å²) < 4.78 is 5.17. The monoisotopic (exact) mass is 324 g/mol. The van der Waals surface area contributed by atoms with Crippen molar-refractivity contribution in [2.24, 2.45) is 0 Å². The van der Waals surface area contributed by atoms with E-state index in [9.17, 15) is 4.79 Å². The molecule has 4 heteroatoms. The van der Waals surface area contributed by atoms with Crippen molar-refractivity contribution in [1.82, 2.24) is 9.88 Å². The van der Waals surface area contributed by atoms with E-state index in [4.69, 9.17) is 4.74 Å². The van der Waals surface area contributed by atoms with E-state index >= 15 is 0 Å². The second-order valence-corrected chi connectivity index (χ2v) is 6.30. The lowest BCUT2D eigenvalue weighted by atomic mass is 10.0. The fourth-order valence-electron chi connectivity index (χ4n) is 3.37. The van der Waals surface area contributed by atoms with E-state index < -0.39 is 0 Å². The first-order valence-electron chi connectivity index (χ1n) is 8.57. The van der Waals surface area contributed by atoms with Crippen LogP contribution in [0, 0.1) is 0 Å². The Labute approximate surface area is 143 Å². The van der Waals surface area contributed by atoms with Gasteiger partial charge >= 0.3 is 0 Å². The van der Waals surface area contributed by atoms with E-state index in [0.717, 1.165) is 43.5 Å². The van der Waals surface area contributed by atoms with Gasteiger partial charge in [-0.1, -0.05) is 12.1 Å². The first kappa shape index (κ1) is 16.5. The number of hydrogen-bond donors (Lipinski definition) is 0. The zero-order valence-electron chi connectivity index (χ0n) is 14.1. The molecule has 1 amide bonds. The molecule has 2 heterocycles. The highest BCUT2D eigenvalue weighted by atomic mass is 16.5. The Balaban J connectivity index is 1.56. The molecule has 1 aliphatic heterocycles. The molecule has 0 radical (unpaired) electrons. The van der Waals surface area contributed by atoms with Crippen LogP contribution in [0.15, 0.2) is 48.8 Å². The summed E-state index contributed by atoms with van der Waals surface area (Å²) >= 11 is 0. The Morgan fingerprint density at radius 3 is 2.62 bits per heavy atom. The van der Waals surface area contributed by atoms with Gasteiger partial charge in [0.25, 0.3) is 0 Å². The average Bonchev–Trinajstić information content (AvgIpc) is 3.10. The molecular weight excluding hydrogens is 300 g/mol. The number of aromatic nitrogens is 1. The molecule has 1 aromatic carbocycles. The normalized spacial score (nSPS) is 17.0. The van der Waals surface area contributed by atoms with E-state index in [1.54, 1.807) is 7.11 Å². The van der Waals surface area contributed by atoms with Gasteiger partial charge in [0.1, 0.15) is 5.75 Å². The van der Waals surface area contributed by atoms with Crippen molar-refractivity contribution in [1.29, 1.82) is 0 Å². The Kier molecular flexibility index (Phi) is 5.47. The Morgan fingerprint density at radius 1 is 1.17 bits per heavy atom. The molecule has 3 rings (SSSR count). The van der Waals surface area contributed by atoms with Crippen molar-refractivity contribution < 1.29 is 9.53 Å². The second kappa shape index (κ2) is 7.95. The van der Waals surface area contributed by atoms with Crippen molar-refractivity contribution in [3.63, 3.8) is 0 Å². The first-order valence-corrected chi connectivity index (χ1v) is 8.57. The standard InChI is InChI=1S/C20H24N2O2/c1-24-19-8-5-17(6-9-19)15-20(23)22-14-2-3-18(22)7-4-16-10-12-21-13-11-16/h5-6,8-13,18H,2-4,7,14-15H2,1H3. The van der Waals surface area contributed by atoms with E-state index in [0.29, 0.717) is 12.5 Å². The molecule has 0 aliphatic carbocycles. The fraction of sp³-hybridized carbons (Fsp3) is 0.400. The third-order valence-electron chi connectivity index (χ3n) is 4.73. The predicted octanol–water partition coefficient (Wildman–Crippen LogP) is 3.26. The lowest BCUT2D eigenvalue weighted by molar-refractivity contribution is -0.131. The van der Waals surface area contributed by atoms with Gasteiger partial charge in [-0.2, -0.15) is 0 Å². The van der Waals surface area contributed by atoms with Gasteiger partial charge in [0.2, 0.25) is 5.91 Å². The quantitative estimate of drug-likeness (QED) is 0.819. The number of carbonyl (C=O) groups is 1. The molecule has 2 aromatic rings. The highest BCUT2D eigenvalue weighted by Crippen LogP contribution is 2.23. The van der Waals surface area contributed by atoms with Gasteiger partial charge in [0.05, 0.1) is 13.5 Å². The van der Waals surface area contributed by atoms with Crippen LogP contribution in [0.3, 0.4) is 0 Å². The topological polar surface area (TPSA) is 42.4 Å². The summed E-state index contributed by atoms with van der Waals surface area (Å²) in [5.41, 5.74) is 2.33. The van der Waals surface area contributed by atoms with Gasteiger partial charge in [0.15, 0.2) is 0 Å². The van der Waals surface area contributed by atoms with Crippen LogP contribution in [-0.4, -0.2) is 35.5 Å². The van der Waals surface area contributed by atoms with Gasteiger partial charge in [-0.05, 0) is 61.1 Å². The Morgan fingerprint density at radius 2 is 1.92 bits per heavy atom. The maximum Gasteiger partial charge on any atom is 0.227 e. The minimum absolute atomic E-state index is 0.234. The molecule has 0 N–H and O–H groups in total. The molecule has 1 saturated heterocycles. The van der Waals surface area contributed by atoms with Crippen molar-refractivity contribution in [2.75, 3.05) is 13.7 Å². The van der Waals surface area contributed by atoms with Crippen LogP contribution in [-0.2, 0) is 17.6 Å². The molecule has 1 aromatic heterocycles. The average molecular weight is 324 g/mol. The number of rotatable bonds is 6.